The first kappa shape index (κ1) is 15.1. The molecular weight excluding hydrogens is 320 g/mol. The Morgan fingerprint density at radius 3 is 2.61 bits per heavy atom. The van der Waals surface area contributed by atoms with E-state index in [9.17, 15) is 14.9 Å². The molecule has 0 amide bonds. The molecule has 0 fully saturated rings. The van der Waals surface area contributed by atoms with Crippen LogP contribution in [0.25, 0.3) is 0 Å². The summed E-state index contributed by atoms with van der Waals surface area (Å²) in [6, 6.07) is 13.3. The van der Waals surface area contributed by atoms with Crippen LogP contribution in [-0.2, 0) is 4.74 Å². The molecule has 0 aliphatic carbocycles. The van der Waals surface area contributed by atoms with E-state index in [1.165, 1.54) is 6.20 Å². The van der Waals surface area contributed by atoms with Crippen LogP contribution >= 0.6 is 11.6 Å². The second-order valence-corrected chi connectivity index (χ2v) is 5.29. The van der Waals surface area contributed by atoms with Crippen molar-refractivity contribution in [3.8, 4) is 0 Å². The minimum Gasteiger partial charge on any atom is -0.442 e. The highest BCUT2D eigenvalue weighted by Gasteiger charge is 2.39. The Morgan fingerprint density at radius 2 is 1.91 bits per heavy atom. The maximum absolute atomic E-state index is 11.8. The number of hydrogen-bond donors (Lipinski definition) is 1. The number of esters is 1. The van der Waals surface area contributed by atoms with E-state index < -0.39 is 17.0 Å². The first-order valence-corrected chi connectivity index (χ1v) is 7.10. The third-order valence-corrected chi connectivity index (χ3v) is 3.65. The molecule has 0 saturated heterocycles. The highest BCUT2D eigenvalue weighted by molar-refractivity contribution is 6.30. The number of ether oxygens (including phenoxy) is 1. The molecule has 1 N–H and O–H groups in total. The minimum absolute atomic E-state index is 0.252. The van der Waals surface area contributed by atoms with Gasteiger partial charge in [0.25, 0.3) is 0 Å². The van der Waals surface area contributed by atoms with Crippen molar-refractivity contribution in [2.24, 2.45) is 0 Å². The fourth-order valence-corrected chi connectivity index (χ4v) is 2.42. The summed E-state index contributed by atoms with van der Waals surface area (Å²) in [5.74, 6) is -0.565. The summed E-state index contributed by atoms with van der Waals surface area (Å²) in [4.78, 5) is 22.6. The van der Waals surface area contributed by atoms with Gasteiger partial charge >= 0.3 is 11.7 Å². The lowest BCUT2D eigenvalue weighted by molar-refractivity contribution is -0.436. The molecular formula is C16H11ClN2O4. The van der Waals surface area contributed by atoms with Gasteiger partial charge in [-0.15, -0.1) is 0 Å². The fraction of sp³-hybridized carbons (Fsp3) is 0.0625. The first-order valence-electron chi connectivity index (χ1n) is 6.73. The largest absolute Gasteiger partial charge is 0.442 e. The summed E-state index contributed by atoms with van der Waals surface area (Å²) < 4.78 is 5.15. The molecule has 2 aromatic rings. The summed E-state index contributed by atoms with van der Waals surface area (Å²) in [6.45, 7) is 0. The van der Waals surface area contributed by atoms with Crippen LogP contribution in [0.2, 0.25) is 5.02 Å². The average Bonchev–Trinajstić information content (AvgIpc) is 2.87. The molecule has 1 aliphatic rings. The van der Waals surface area contributed by atoms with E-state index in [0.29, 0.717) is 21.8 Å². The number of nitro groups is 1. The van der Waals surface area contributed by atoms with Crippen molar-refractivity contribution in [1.82, 2.24) is 0 Å². The summed E-state index contributed by atoms with van der Waals surface area (Å²) in [7, 11) is 0. The smallest absolute Gasteiger partial charge is 0.339 e. The normalized spacial score (nSPS) is 16.7. The summed E-state index contributed by atoms with van der Waals surface area (Å²) in [5.41, 5.74) is 1.21. The second kappa shape index (κ2) is 6.10. The number of halogens is 1. The Morgan fingerprint density at radius 1 is 1.22 bits per heavy atom. The van der Waals surface area contributed by atoms with Gasteiger partial charge in [0, 0.05) is 16.3 Å². The van der Waals surface area contributed by atoms with E-state index in [4.69, 9.17) is 16.3 Å². The van der Waals surface area contributed by atoms with Crippen LogP contribution in [-0.4, -0.2) is 10.9 Å². The van der Waals surface area contributed by atoms with Crippen molar-refractivity contribution in [1.29, 1.82) is 0 Å². The van der Waals surface area contributed by atoms with Gasteiger partial charge in [-0.25, -0.2) is 4.79 Å². The van der Waals surface area contributed by atoms with Crippen LogP contribution in [0.3, 0.4) is 0 Å². The number of carbonyl (C=O) groups is 1. The van der Waals surface area contributed by atoms with Crippen molar-refractivity contribution in [3.05, 3.63) is 86.7 Å². The summed E-state index contributed by atoms with van der Waals surface area (Å²) >= 11 is 5.79. The number of rotatable bonds is 4. The van der Waals surface area contributed by atoms with Gasteiger partial charge in [-0.1, -0.05) is 29.8 Å². The molecule has 0 unspecified atom stereocenters. The van der Waals surface area contributed by atoms with E-state index in [1.807, 2.05) is 0 Å². The number of benzene rings is 2. The van der Waals surface area contributed by atoms with Gasteiger partial charge in [0.2, 0.25) is 6.10 Å². The van der Waals surface area contributed by atoms with Crippen LogP contribution in [0.15, 0.2) is 60.4 Å². The SMILES string of the molecule is O=C1O[C@H](/C(=C\Nc2ccc(Cl)cc2)[N+](=O)[O-])c2ccccc21. The molecule has 0 aromatic heterocycles. The van der Waals surface area contributed by atoms with Gasteiger partial charge in [-0.3, -0.25) is 10.1 Å². The van der Waals surface area contributed by atoms with Crippen molar-refractivity contribution >= 4 is 23.3 Å². The quantitative estimate of drug-likeness (QED) is 0.524. The molecule has 0 saturated carbocycles. The lowest BCUT2D eigenvalue weighted by atomic mass is 10.0. The molecule has 7 heteroatoms. The number of nitrogens with one attached hydrogen (secondary N) is 1. The number of anilines is 1. The number of cyclic esters (lactones) is 1. The Kier molecular flexibility index (Phi) is 3.99. The summed E-state index contributed by atoms with van der Waals surface area (Å²) in [5, 5.41) is 14.7. The number of nitrogens with zero attached hydrogens (tertiary/aromatic N) is 1. The van der Waals surface area contributed by atoms with Gasteiger partial charge < -0.3 is 10.1 Å². The molecule has 3 rings (SSSR count). The molecule has 6 nitrogen and oxygen atoms in total. The van der Waals surface area contributed by atoms with Gasteiger partial charge in [0.05, 0.1) is 16.7 Å². The van der Waals surface area contributed by atoms with Crippen LogP contribution in [0.1, 0.15) is 22.0 Å². The number of hydrogen-bond acceptors (Lipinski definition) is 5. The van der Waals surface area contributed by atoms with E-state index in [2.05, 4.69) is 5.32 Å². The lowest BCUT2D eigenvalue weighted by Crippen LogP contribution is -2.12. The van der Waals surface area contributed by atoms with E-state index in [1.54, 1.807) is 48.5 Å². The molecule has 1 atom stereocenters. The Hall–Kier alpha value is -2.86. The first-order chi connectivity index (χ1) is 11.1. The van der Waals surface area contributed by atoms with E-state index >= 15 is 0 Å². The highest BCUT2D eigenvalue weighted by Crippen LogP contribution is 2.35. The van der Waals surface area contributed by atoms with Crippen molar-refractivity contribution in [2.45, 2.75) is 6.10 Å². The monoisotopic (exact) mass is 330 g/mol. The lowest BCUT2D eigenvalue weighted by Gasteiger charge is -2.08. The number of carbonyl (C=O) groups excluding carboxylic acids is 1. The average molecular weight is 331 g/mol. The molecule has 1 heterocycles. The molecule has 0 spiro atoms. The van der Waals surface area contributed by atoms with Crippen molar-refractivity contribution in [2.75, 3.05) is 5.32 Å². The molecule has 2 aromatic carbocycles. The third kappa shape index (κ3) is 3.02. The second-order valence-electron chi connectivity index (χ2n) is 4.85. The summed E-state index contributed by atoms with van der Waals surface area (Å²) in [6.07, 6.45) is 0.192. The van der Waals surface area contributed by atoms with Gasteiger partial charge in [-0.05, 0) is 30.3 Å². The minimum atomic E-state index is -1.03. The van der Waals surface area contributed by atoms with Crippen LogP contribution in [0.5, 0.6) is 0 Å². The Labute approximate surface area is 136 Å². The van der Waals surface area contributed by atoms with E-state index in [0.717, 1.165) is 0 Å². The van der Waals surface area contributed by atoms with Crippen molar-refractivity contribution in [3.63, 3.8) is 0 Å². The number of fused-ring (bicyclic) bond motifs is 1. The Balaban J connectivity index is 1.91. The van der Waals surface area contributed by atoms with Crippen molar-refractivity contribution < 1.29 is 14.5 Å². The van der Waals surface area contributed by atoms with Crippen LogP contribution in [0, 0.1) is 10.1 Å². The Bertz CT molecular complexity index is 802. The molecule has 1 aliphatic heterocycles. The standard InChI is InChI=1S/C16H11ClN2O4/c17-10-5-7-11(8-6-10)18-9-14(19(21)22)15-12-3-1-2-4-13(12)16(20)23-15/h1-9,15,18H/b14-9+/t15-/m0/s1. The van der Waals surface area contributed by atoms with E-state index in [-0.39, 0.29) is 5.70 Å². The molecule has 23 heavy (non-hydrogen) atoms. The zero-order chi connectivity index (χ0) is 16.4. The molecule has 116 valence electrons. The molecule has 0 radical (unpaired) electrons. The van der Waals surface area contributed by atoms with Crippen LogP contribution < -0.4 is 5.32 Å². The highest BCUT2D eigenvalue weighted by atomic mass is 35.5. The predicted octanol–water partition coefficient (Wildman–Crippen LogP) is 3.78. The van der Waals surface area contributed by atoms with Gasteiger partial charge in [0.15, 0.2) is 0 Å². The van der Waals surface area contributed by atoms with Gasteiger partial charge in [0.1, 0.15) is 0 Å². The van der Waals surface area contributed by atoms with Gasteiger partial charge in [-0.2, -0.15) is 0 Å². The topological polar surface area (TPSA) is 81.5 Å². The predicted molar refractivity (Wildman–Crippen MR) is 84.8 cm³/mol. The fourth-order valence-electron chi connectivity index (χ4n) is 2.29. The zero-order valence-electron chi connectivity index (χ0n) is 11.7. The maximum Gasteiger partial charge on any atom is 0.339 e. The molecule has 0 bridgehead atoms. The maximum atomic E-state index is 11.8. The zero-order valence-corrected chi connectivity index (χ0v) is 12.5. The van der Waals surface area contributed by atoms with Crippen LogP contribution in [0.4, 0.5) is 5.69 Å². The third-order valence-electron chi connectivity index (χ3n) is 3.40.